The molecule has 2 aromatic carbocycles. The maximum atomic E-state index is 12.6. The lowest BCUT2D eigenvalue weighted by atomic mass is 10.2. The fourth-order valence-corrected chi connectivity index (χ4v) is 5.10. The second kappa shape index (κ2) is 11.1. The molecule has 174 valence electrons. The maximum Gasteiger partial charge on any atom is 0.326 e. The van der Waals surface area contributed by atoms with Crippen LogP contribution < -0.4 is 4.74 Å². The van der Waals surface area contributed by atoms with Gasteiger partial charge in [-0.05, 0) is 77.4 Å². The summed E-state index contributed by atoms with van der Waals surface area (Å²) in [4.78, 5) is 37.7. The van der Waals surface area contributed by atoms with E-state index in [1.165, 1.54) is 6.08 Å². The number of esters is 1. The number of benzene rings is 2. The van der Waals surface area contributed by atoms with Crippen LogP contribution in [0.25, 0.3) is 6.08 Å². The first-order chi connectivity index (χ1) is 15.5. The molecule has 0 radical (unpaired) electrons. The van der Waals surface area contributed by atoms with Crippen LogP contribution in [0.5, 0.6) is 5.75 Å². The van der Waals surface area contributed by atoms with Crippen LogP contribution in [0.3, 0.4) is 0 Å². The van der Waals surface area contributed by atoms with E-state index in [2.05, 4.69) is 15.9 Å². The lowest BCUT2D eigenvalue weighted by Crippen LogP contribution is -2.35. The Morgan fingerprint density at radius 2 is 1.88 bits per heavy atom. The number of ether oxygens (including phenoxy) is 2. The normalized spacial score (nSPS) is 15.0. The van der Waals surface area contributed by atoms with Crippen LogP contribution in [0.2, 0.25) is 15.1 Å². The van der Waals surface area contributed by atoms with Gasteiger partial charge in [-0.1, -0.05) is 40.9 Å². The van der Waals surface area contributed by atoms with Gasteiger partial charge >= 0.3 is 5.97 Å². The van der Waals surface area contributed by atoms with Crippen molar-refractivity contribution in [3.05, 3.63) is 65.9 Å². The van der Waals surface area contributed by atoms with E-state index < -0.39 is 23.7 Å². The van der Waals surface area contributed by atoms with Crippen LogP contribution in [0, 0.1) is 0 Å². The van der Waals surface area contributed by atoms with Crippen molar-refractivity contribution < 1.29 is 23.9 Å². The molecule has 0 atom stereocenters. The second-order valence-electron chi connectivity index (χ2n) is 7.14. The number of amides is 2. The molecule has 11 heteroatoms. The molecule has 3 rings (SSSR count). The Balaban J connectivity index is 1.74. The van der Waals surface area contributed by atoms with E-state index in [0.29, 0.717) is 30.9 Å². The Labute approximate surface area is 218 Å². The Hall–Kier alpha value is -1.71. The van der Waals surface area contributed by atoms with Crippen molar-refractivity contribution in [2.75, 3.05) is 6.54 Å². The van der Waals surface area contributed by atoms with Gasteiger partial charge in [0.15, 0.2) is 5.75 Å². The standard InChI is InChI=1S/C22H17BrCl3NO5S/c1-11(2)32-19(28)9-27-21(29)18(33-22(27)30)7-12-5-15(23)20(17(26)6-12)31-10-13-3-4-14(24)8-16(13)25/h3-8,11H,9-10H2,1-2H3/b18-7+. The van der Waals surface area contributed by atoms with Gasteiger partial charge in [0.2, 0.25) is 0 Å². The molecule has 33 heavy (non-hydrogen) atoms. The highest BCUT2D eigenvalue weighted by Crippen LogP contribution is 2.38. The fourth-order valence-electron chi connectivity index (χ4n) is 2.81. The second-order valence-corrected chi connectivity index (χ2v) is 10.2. The Morgan fingerprint density at radius 1 is 1.15 bits per heavy atom. The number of carbonyl (C=O) groups excluding carboxylic acids is 3. The van der Waals surface area contributed by atoms with Crippen molar-refractivity contribution in [3.8, 4) is 5.75 Å². The van der Waals surface area contributed by atoms with Crippen LogP contribution in [0.15, 0.2) is 39.7 Å². The lowest BCUT2D eigenvalue weighted by Gasteiger charge is -2.13. The number of hydrogen-bond donors (Lipinski definition) is 0. The van der Waals surface area contributed by atoms with Crippen LogP contribution in [-0.2, 0) is 20.9 Å². The van der Waals surface area contributed by atoms with Crippen LogP contribution in [0.4, 0.5) is 4.79 Å². The minimum Gasteiger partial charge on any atom is -0.486 e. The van der Waals surface area contributed by atoms with Crippen molar-refractivity contribution in [1.29, 1.82) is 0 Å². The predicted molar refractivity (Wildman–Crippen MR) is 134 cm³/mol. The first-order valence-corrected chi connectivity index (χ1v) is 12.3. The number of carbonyl (C=O) groups is 3. The predicted octanol–water partition coefficient (Wildman–Crippen LogP) is 6.98. The average Bonchev–Trinajstić information content (AvgIpc) is 2.95. The molecular weight excluding hydrogens is 577 g/mol. The van der Waals surface area contributed by atoms with Crippen molar-refractivity contribution >= 4 is 85.7 Å². The summed E-state index contributed by atoms with van der Waals surface area (Å²) in [5, 5.41) is 0.741. The minimum absolute atomic E-state index is 0.166. The number of halogens is 4. The van der Waals surface area contributed by atoms with E-state index in [1.54, 1.807) is 44.2 Å². The number of thioether (sulfide) groups is 1. The average molecular weight is 594 g/mol. The molecule has 0 bridgehead atoms. The zero-order valence-electron chi connectivity index (χ0n) is 17.4. The number of imide groups is 1. The SMILES string of the molecule is CC(C)OC(=O)CN1C(=O)S/C(=C/c2cc(Cl)c(OCc3ccc(Cl)cc3Cl)c(Br)c2)C1=O. The van der Waals surface area contributed by atoms with Gasteiger partial charge in [0.1, 0.15) is 13.2 Å². The number of rotatable bonds is 7. The van der Waals surface area contributed by atoms with Crippen LogP contribution >= 0.6 is 62.5 Å². The van der Waals surface area contributed by atoms with E-state index in [-0.39, 0.29) is 17.6 Å². The first-order valence-electron chi connectivity index (χ1n) is 9.55. The van der Waals surface area contributed by atoms with Crippen molar-refractivity contribution in [1.82, 2.24) is 4.90 Å². The molecule has 1 saturated heterocycles. The van der Waals surface area contributed by atoms with Crippen LogP contribution in [0.1, 0.15) is 25.0 Å². The van der Waals surface area contributed by atoms with Crippen molar-refractivity contribution in [2.45, 2.75) is 26.6 Å². The summed E-state index contributed by atoms with van der Waals surface area (Å²) < 4.78 is 11.4. The molecule has 0 unspecified atom stereocenters. The van der Waals surface area contributed by atoms with E-state index in [1.807, 2.05) is 0 Å². The quantitative estimate of drug-likeness (QED) is 0.255. The summed E-state index contributed by atoms with van der Waals surface area (Å²) in [6.07, 6.45) is 1.18. The molecule has 1 aliphatic heterocycles. The summed E-state index contributed by atoms with van der Waals surface area (Å²) in [6, 6.07) is 8.39. The molecule has 2 amide bonds. The van der Waals surface area contributed by atoms with Crippen molar-refractivity contribution in [3.63, 3.8) is 0 Å². The number of nitrogens with zero attached hydrogens (tertiary/aromatic N) is 1. The molecule has 2 aromatic rings. The van der Waals surface area contributed by atoms with Crippen LogP contribution in [-0.4, -0.2) is 34.7 Å². The van der Waals surface area contributed by atoms with E-state index in [0.717, 1.165) is 22.2 Å². The third kappa shape index (κ3) is 6.67. The molecule has 6 nitrogen and oxygen atoms in total. The van der Waals surface area contributed by atoms with E-state index >= 15 is 0 Å². The lowest BCUT2D eigenvalue weighted by molar-refractivity contribution is -0.149. The van der Waals surface area contributed by atoms with Gasteiger partial charge < -0.3 is 9.47 Å². The molecule has 1 heterocycles. The van der Waals surface area contributed by atoms with Gasteiger partial charge in [0.25, 0.3) is 11.1 Å². The van der Waals surface area contributed by atoms with Gasteiger partial charge in [-0.2, -0.15) is 0 Å². The van der Waals surface area contributed by atoms with Gasteiger partial charge in [-0.15, -0.1) is 0 Å². The zero-order valence-corrected chi connectivity index (χ0v) is 22.0. The summed E-state index contributed by atoms with van der Waals surface area (Å²) in [6.45, 7) is 3.10. The minimum atomic E-state index is -0.651. The molecule has 0 aromatic heterocycles. The van der Waals surface area contributed by atoms with Gasteiger partial charge in [0.05, 0.1) is 20.5 Å². The topological polar surface area (TPSA) is 72.9 Å². The molecule has 0 spiro atoms. The third-order valence-electron chi connectivity index (χ3n) is 4.23. The highest BCUT2D eigenvalue weighted by molar-refractivity contribution is 9.10. The fraction of sp³-hybridized carbons (Fsp3) is 0.227. The number of hydrogen-bond acceptors (Lipinski definition) is 6. The Kier molecular flexibility index (Phi) is 8.75. The summed E-state index contributed by atoms with van der Waals surface area (Å²) in [5.41, 5.74) is 1.30. The van der Waals surface area contributed by atoms with Gasteiger partial charge in [-0.3, -0.25) is 19.3 Å². The molecule has 1 aliphatic rings. The Morgan fingerprint density at radius 3 is 2.52 bits per heavy atom. The summed E-state index contributed by atoms with van der Waals surface area (Å²) in [7, 11) is 0. The maximum absolute atomic E-state index is 12.6. The molecule has 0 aliphatic carbocycles. The van der Waals surface area contributed by atoms with Gasteiger partial charge in [0, 0.05) is 15.6 Å². The zero-order chi connectivity index (χ0) is 24.3. The van der Waals surface area contributed by atoms with E-state index in [9.17, 15) is 14.4 Å². The highest BCUT2D eigenvalue weighted by Gasteiger charge is 2.36. The Bertz CT molecular complexity index is 1130. The van der Waals surface area contributed by atoms with Gasteiger partial charge in [-0.25, -0.2) is 0 Å². The third-order valence-corrected chi connectivity index (χ3v) is 6.60. The van der Waals surface area contributed by atoms with Crippen molar-refractivity contribution in [2.24, 2.45) is 0 Å². The highest BCUT2D eigenvalue weighted by atomic mass is 79.9. The summed E-state index contributed by atoms with van der Waals surface area (Å²) >= 11 is 22.6. The summed E-state index contributed by atoms with van der Waals surface area (Å²) in [5.74, 6) is -0.832. The van der Waals surface area contributed by atoms with E-state index in [4.69, 9.17) is 44.3 Å². The smallest absolute Gasteiger partial charge is 0.326 e. The first kappa shape index (κ1) is 25.9. The monoisotopic (exact) mass is 591 g/mol. The molecule has 0 saturated carbocycles. The largest absolute Gasteiger partial charge is 0.486 e. The molecule has 1 fully saturated rings. The molecule has 0 N–H and O–H groups in total. The molecular formula is C22H17BrCl3NO5S.